The number of rotatable bonds is 7. The standard InChI is InChI=1S/C15H25NO3/c1-11-12(2)15(19-5)13(10-14(11)18-4)6-7-16(3)8-9-17/h10,17H,6-9H2,1-5H3. The molecule has 1 aromatic rings. The number of hydrogen-bond donors (Lipinski definition) is 1. The molecule has 0 heterocycles. The van der Waals surface area contributed by atoms with Crippen LogP contribution in [0.4, 0.5) is 0 Å². The maximum absolute atomic E-state index is 8.91. The van der Waals surface area contributed by atoms with Gasteiger partial charge in [-0.15, -0.1) is 0 Å². The molecule has 0 amide bonds. The number of nitrogens with zero attached hydrogens (tertiary/aromatic N) is 1. The smallest absolute Gasteiger partial charge is 0.125 e. The Labute approximate surface area is 115 Å². The molecule has 4 nitrogen and oxygen atoms in total. The van der Waals surface area contributed by atoms with Crippen molar-refractivity contribution in [3.8, 4) is 11.5 Å². The van der Waals surface area contributed by atoms with Gasteiger partial charge in [-0.25, -0.2) is 0 Å². The zero-order valence-electron chi connectivity index (χ0n) is 12.6. The summed E-state index contributed by atoms with van der Waals surface area (Å²) in [6, 6.07) is 2.05. The third kappa shape index (κ3) is 3.85. The molecule has 108 valence electrons. The maximum atomic E-state index is 8.91. The first-order chi connectivity index (χ1) is 9.04. The predicted molar refractivity (Wildman–Crippen MR) is 77.3 cm³/mol. The van der Waals surface area contributed by atoms with Crippen molar-refractivity contribution in [3.05, 3.63) is 22.8 Å². The Bertz CT molecular complexity index is 418. The first-order valence-electron chi connectivity index (χ1n) is 6.55. The topological polar surface area (TPSA) is 41.9 Å². The van der Waals surface area contributed by atoms with Gasteiger partial charge in [-0.3, -0.25) is 0 Å². The highest BCUT2D eigenvalue weighted by atomic mass is 16.5. The van der Waals surface area contributed by atoms with E-state index in [1.165, 1.54) is 0 Å². The summed E-state index contributed by atoms with van der Waals surface area (Å²) < 4.78 is 10.9. The van der Waals surface area contributed by atoms with E-state index in [0.29, 0.717) is 6.54 Å². The molecule has 19 heavy (non-hydrogen) atoms. The number of ether oxygens (including phenoxy) is 2. The van der Waals surface area contributed by atoms with Crippen molar-refractivity contribution in [3.63, 3.8) is 0 Å². The van der Waals surface area contributed by atoms with Gasteiger partial charge in [0.1, 0.15) is 11.5 Å². The number of benzene rings is 1. The first-order valence-corrected chi connectivity index (χ1v) is 6.55. The minimum absolute atomic E-state index is 0.184. The zero-order chi connectivity index (χ0) is 14.4. The van der Waals surface area contributed by atoms with Crippen LogP contribution in [0.1, 0.15) is 16.7 Å². The van der Waals surface area contributed by atoms with Crippen LogP contribution in [0, 0.1) is 13.8 Å². The molecule has 0 aromatic heterocycles. The lowest BCUT2D eigenvalue weighted by atomic mass is 10.0. The van der Waals surface area contributed by atoms with Crippen LogP contribution in [0.2, 0.25) is 0 Å². The molecule has 0 aliphatic rings. The molecule has 0 bridgehead atoms. The van der Waals surface area contributed by atoms with Crippen LogP contribution in [-0.4, -0.2) is 51.0 Å². The fourth-order valence-electron chi connectivity index (χ4n) is 2.20. The SMILES string of the molecule is COc1cc(CCN(C)CCO)c(OC)c(C)c1C. The monoisotopic (exact) mass is 267 g/mol. The Morgan fingerprint density at radius 1 is 1.11 bits per heavy atom. The maximum Gasteiger partial charge on any atom is 0.125 e. The molecule has 0 spiro atoms. The van der Waals surface area contributed by atoms with E-state index in [1.807, 2.05) is 20.0 Å². The second kappa shape index (κ2) is 7.36. The van der Waals surface area contributed by atoms with Gasteiger partial charge in [0.15, 0.2) is 0 Å². The molecule has 0 unspecified atom stereocenters. The fourth-order valence-corrected chi connectivity index (χ4v) is 2.20. The van der Waals surface area contributed by atoms with Crippen molar-refractivity contribution in [2.75, 3.05) is 41.0 Å². The van der Waals surface area contributed by atoms with Gasteiger partial charge in [0.2, 0.25) is 0 Å². The molecule has 0 aliphatic heterocycles. The van der Waals surface area contributed by atoms with Crippen molar-refractivity contribution >= 4 is 0 Å². The largest absolute Gasteiger partial charge is 0.496 e. The highest BCUT2D eigenvalue weighted by Gasteiger charge is 2.14. The van der Waals surface area contributed by atoms with Crippen molar-refractivity contribution in [1.82, 2.24) is 4.90 Å². The molecule has 0 radical (unpaired) electrons. The second-order valence-electron chi connectivity index (χ2n) is 4.80. The highest BCUT2D eigenvalue weighted by Crippen LogP contribution is 2.33. The summed E-state index contributed by atoms with van der Waals surface area (Å²) in [5.74, 6) is 1.84. The van der Waals surface area contributed by atoms with Gasteiger partial charge in [0, 0.05) is 13.1 Å². The van der Waals surface area contributed by atoms with E-state index < -0.39 is 0 Å². The lowest BCUT2D eigenvalue weighted by molar-refractivity contribution is 0.222. The van der Waals surface area contributed by atoms with Crippen LogP contribution in [-0.2, 0) is 6.42 Å². The molecule has 0 saturated heterocycles. The normalized spacial score (nSPS) is 10.9. The van der Waals surface area contributed by atoms with Crippen molar-refractivity contribution in [1.29, 1.82) is 0 Å². The Morgan fingerprint density at radius 2 is 1.79 bits per heavy atom. The first kappa shape index (κ1) is 15.8. The van der Waals surface area contributed by atoms with Crippen LogP contribution in [0.25, 0.3) is 0 Å². The predicted octanol–water partition coefficient (Wildman–Crippen LogP) is 1.79. The average Bonchev–Trinajstić information content (AvgIpc) is 2.40. The molecule has 0 atom stereocenters. The zero-order valence-corrected chi connectivity index (χ0v) is 12.6. The van der Waals surface area contributed by atoms with Crippen LogP contribution in [0.5, 0.6) is 11.5 Å². The van der Waals surface area contributed by atoms with E-state index in [-0.39, 0.29) is 6.61 Å². The van der Waals surface area contributed by atoms with Crippen molar-refractivity contribution < 1.29 is 14.6 Å². The number of likely N-dealkylation sites (N-methyl/N-ethyl adjacent to an activating group) is 1. The van der Waals surface area contributed by atoms with Gasteiger partial charge >= 0.3 is 0 Å². The Kier molecular flexibility index (Phi) is 6.12. The molecular formula is C15H25NO3. The van der Waals surface area contributed by atoms with Gasteiger partial charge in [0.25, 0.3) is 0 Å². The van der Waals surface area contributed by atoms with Crippen molar-refractivity contribution in [2.45, 2.75) is 20.3 Å². The Morgan fingerprint density at radius 3 is 2.32 bits per heavy atom. The summed E-state index contributed by atoms with van der Waals surface area (Å²) in [4.78, 5) is 2.10. The summed E-state index contributed by atoms with van der Waals surface area (Å²) in [5.41, 5.74) is 3.39. The van der Waals surface area contributed by atoms with Gasteiger partial charge in [-0.05, 0) is 50.1 Å². The molecule has 0 saturated carbocycles. The van der Waals surface area contributed by atoms with Gasteiger partial charge in [-0.1, -0.05) is 0 Å². The molecule has 0 aliphatic carbocycles. The average molecular weight is 267 g/mol. The number of methoxy groups -OCH3 is 2. The summed E-state index contributed by atoms with van der Waals surface area (Å²) in [6.45, 7) is 5.84. The van der Waals surface area contributed by atoms with Crippen molar-refractivity contribution in [2.24, 2.45) is 0 Å². The van der Waals surface area contributed by atoms with E-state index in [2.05, 4.69) is 11.8 Å². The molecule has 1 aromatic carbocycles. The lowest BCUT2D eigenvalue weighted by Gasteiger charge is -2.19. The van der Waals surface area contributed by atoms with Crippen LogP contribution < -0.4 is 9.47 Å². The van der Waals surface area contributed by atoms with Crippen LogP contribution in [0.3, 0.4) is 0 Å². The summed E-state index contributed by atoms with van der Waals surface area (Å²) in [5, 5.41) is 8.91. The molecule has 1 N–H and O–H groups in total. The minimum Gasteiger partial charge on any atom is -0.496 e. The number of hydrogen-bond acceptors (Lipinski definition) is 4. The minimum atomic E-state index is 0.184. The second-order valence-corrected chi connectivity index (χ2v) is 4.80. The van der Waals surface area contributed by atoms with E-state index >= 15 is 0 Å². The summed E-state index contributed by atoms with van der Waals surface area (Å²) in [7, 11) is 5.39. The summed E-state index contributed by atoms with van der Waals surface area (Å²) in [6.07, 6.45) is 0.872. The Balaban J connectivity index is 2.95. The molecular weight excluding hydrogens is 242 g/mol. The van der Waals surface area contributed by atoms with Gasteiger partial charge in [-0.2, -0.15) is 0 Å². The number of aliphatic hydroxyl groups excluding tert-OH is 1. The van der Waals surface area contributed by atoms with E-state index in [1.54, 1.807) is 14.2 Å². The summed E-state index contributed by atoms with van der Waals surface area (Å²) >= 11 is 0. The van der Waals surface area contributed by atoms with Crippen LogP contribution >= 0.6 is 0 Å². The van der Waals surface area contributed by atoms with E-state index in [0.717, 1.165) is 41.2 Å². The number of aliphatic hydroxyl groups is 1. The van der Waals surface area contributed by atoms with Crippen LogP contribution in [0.15, 0.2) is 6.07 Å². The third-order valence-corrected chi connectivity index (χ3v) is 3.54. The molecule has 1 rings (SSSR count). The van der Waals surface area contributed by atoms with E-state index in [9.17, 15) is 0 Å². The molecule has 0 fully saturated rings. The quantitative estimate of drug-likeness (QED) is 0.818. The van der Waals surface area contributed by atoms with Gasteiger partial charge < -0.3 is 19.5 Å². The highest BCUT2D eigenvalue weighted by molar-refractivity contribution is 5.52. The van der Waals surface area contributed by atoms with E-state index in [4.69, 9.17) is 14.6 Å². The Hall–Kier alpha value is -1.26. The third-order valence-electron chi connectivity index (χ3n) is 3.54. The fraction of sp³-hybridized carbons (Fsp3) is 0.600. The van der Waals surface area contributed by atoms with Gasteiger partial charge in [0.05, 0.1) is 20.8 Å². The molecule has 4 heteroatoms. The lowest BCUT2D eigenvalue weighted by Crippen LogP contribution is -2.24.